The molecule has 2 aromatic carbocycles. The molecule has 5 nitrogen and oxygen atoms in total. The Balaban J connectivity index is 1.67. The van der Waals surface area contributed by atoms with E-state index < -0.39 is 0 Å². The van der Waals surface area contributed by atoms with E-state index in [9.17, 15) is 9.59 Å². The van der Waals surface area contributed by atoms with Crippen molar-refractivity contribution in [2.45, 2.75) is 25.7 Å². The maximum atomic E-state index is 12.4. The molecule has 0 bridgehead atoms. The van der Waals surface area contributed by atoms with Crippen molar-refractivity contribution in [3.8, 4) is 5.75 Å². The quantitative estimate of drug-likeness (QED) is 0.706. The van der Waals surface area contributed by atoms with Gasteiger partial charge in [0.05, 0.1) is 13.5 Å². The number of fused-ring (bicyclic) bond motifs is 1. The highest BCUT2D eigenvalue weighted by atomic mass is 16.5. The van der Waals surface area contributed by atoms with Gasteiger partial charge < -0.3 is 15.0 Å². The van der Waals surface area contributed by atoms with Crippen LogP contribution in [-0.4, -0.2) is 24.5 Å². The Labute approximate surface area is 158 Å². The molecule has 27 heavy (non-hydrogen) atoms. The van der Waals surface area contributed by atoms with Gasteiger partial charge in [0.2, 0.25) is 5.91 Å². The van der Waals surface area contributed by atoms with E-state index in [0.717, 1.165) is 22.2 Å². The molecule has 0 unspecified atom stereocenters. The van der Waals surface area contributed by atoms with Crippen molar-refractivity contribution in [2.75, 3.05) is 13.7 Å². The predicted octanol–water partition coefficient (Wildman–Crippen LogP) is 3.17. The zero-order chi connectivity index (χ0) is 19.4. The molecule has 0 aliphatic heterocycles. The first kappa shape index (κ1) is 18.7. The molecule has 0 saturated heterocycles. The van der Waals surface area contributed by atoms with Gasteiger partial charge in [-0.05, 0) is 35.2 Å². The molecule has 0 aliphatic rings. The van der Waals surface area contributed by atoms with Crippen LogP contribution in [-0.2, 0) is 16.6 Å². The molecule has 140 valence electrons. The van der Waals surface area contributed by atoms with Gasteiger partial charge in [-0.2, -0.15) is 0 Å². The van der Waals surface area contributed by atoms with Gasteiger partial charge in [0, 0.05) is 23.0 Å². The van der Waals surface area contributed by atoms with Crippen LogP contribution < -0.4 is 15.6 Å². The Bertz CT molecular complexity index is 1000. The van der Waals surface area contributed by atoms with E-state index in [1.807, 2.05) is 48.5 Å². The van der Waals surface area contributed by atoms with Crippen LogP contribution in [0.5, 0.6) is 5.75 Å². The van der Waals surface area contributed by atoms with Gasteiger partial charge in [-0.15, -0.1) is 0 Å². The lowest BCUT2D eigenvalue weighted by molar-refractivity contribution is -0.120. The number of amides is 1. The molecule has 0 aliphatic carbocycles. The maximum absolute atomic E-state index is 12.4. The lowest BCUT2D eigenvalue weighted by Gasteiger charge is -2.26. The fraction of sp³-hybridized carbons (Fsp3) is 0.273. The molecule has 0 spiro atoms. The minimum absolute atomic E-state index is 0.0544. The van der Waals surface area contributed by atoms with Crippen molar-refractivity contribution in [3.05, 3.63) is 76.1 Å². The zero-order valence-corrected chi connectivity index (χ0v) is 15.8. The molecule has 0 atom stereocenters. The lowest BCUT2D eigenvalue weighted by Crippen LogP contribution is -2.38. The third kappa shape index (κ3) is 4.37. The number of carbonyl (C=O) groups excluding carboxylic acids is 1. The smallest absolute Gasteiger partial charge is 0.252 e. The molecule has 1 amide bonds. The number of H-pyrrole nitrogens is 1. The van der Waals surface area contributed by atoms with Crippen molar-refractivity contribution in [2.24, 2.45) is 0 Å². The van der Waals surface area contributed by atoms with Gasteiger partial charge in [0.1, 0.15) is 5.75 Å². The summed E-state index contributed by atoms with van der Waals surface area (Å²) in [5, 5.41) is 3.87. The summed E-state index contributed by atoms with van der Waals surface area (Å²) in [6, 6.07) is 17.1. The number of rotatable bonds is 6. The number of nitrogens with one attached hydrogen (secondary N) is 2. The highest BCUT2D eigenvalue weighted by molar-refractivity contribution is 5.82. The fourth-order valence-electron chi connectivity index (χ4n) is 3.02. The summed E-state index contributed by atoms with van der Waals surface area (Å²) in [6.45, 7) is 4.61. The normalized spacial score (nSPS) is 11.4. The SMILES string of the molecule is COc1ccc(C(C)(C)CNC(=O)Cc2cc3ccccc3[nH]c2=O)cc1. The molecule has 0 fully saturated rings. The Hall–Kier alpha value is -3.08. The highest BCUT2D eigenvalue weighted by Crippen LogP contribution is 2.24. The number of hydrogen-bond donors (Lipinski definition) is 2. The van der Waals surface area contributed by atoms with Crippen molar-refractivity contribution in [1.29, 1.82) is 0 Å². The van der Waals surface area contributed by atoms with Crippen LogP contribution in [0.25, 0.3) is 10.9 Å². The van der Waals surface area contributed by atoms with E-state index in [-0.39, 0.29) is 23.3 Å². The third-order valence-electron chi connectivity index (χ3n) is 4.78. The Morgan fingerprint density at radius 1 is 1.11 bits per heavy atom. The third-order valence-corrected chi connectivity index (χ3v) is 4.78. The van der Waals surface area contributed by atoms with Gasteiger partial charge in [0.25, 0.3) is 5.56 Å². The second-order valence-electron chi connectivity index (χ2n) is 7.28. The van der Waals surface area contributed by atoms with Crippen LogP contribution in [0.3, 0.4) is 0 Å². The van der Waals surface area contributed by atoms with Gasteiger partial charge in [-0.3, -0.25) is 9.59 Å². The standard InChI is InChI=1S/C22H24N2O3/c1-22(2,17-8-10-18(27-3)11-9-17)14-23-20(25)13-16-12-15-6-4-5-7-19(15)24-21(16)26/h4-12H,13-14H2,1-3H3,(H,23,25)(H,24,26). The molecule has 1 aromatic heterocycles. The van der Waals surface area contributed by atoms with Crippen molar-refractivity contribution in [3.63, 3.8) is 0 Å². The summed E-state index contributed by atoms with van der Waals surface area (Å²) >= 11 is 0. The first-order valence-corrected chi connectivity index (χ1v) is 8.91. The van der Waals surface area contributed by atoms with Gasteiger partial charge >= 0.3 is 0 Å². The van der Waals surface area contributed by atoms with E-state index in [4.69, 9.17) is 4.74 Å². The summed E-state index contributed by atoms with van der Waals surface area (Å²) < 4.78 is 5.19. The summed E-state index contributed by atoms with van der Waals surface area (Å²) in [4.78, 5) is 27.4. The molecule has 3 rings (SSSR count). The molecule has 2 N–H and O–H groups in total. The van der Waals surface area contributed by atoms with Crippen LogP contribution in [0.4, 0.5) is 0 Å². The summed E-state index contributed by atoms with van der Waals surface area (Å²) in [6.07, 6.45) is 0.0544. The zero-order valence-electron chi connectivity index (χ0n) is 15.8. The minimum Gasteiger partial charge on any atom is -0.497 e. The van der Waals surface area contributed by atoms with Gasteiger partial charge in [-0.1, -0.05) is 44.2 Å². The summed E-state index contributed by atoms with van der Waals surface area (Å²) in [7, 11) is 1.63. The lowest BCUT2D eigenvalue weighted by atomic mass is 9.84. The van der Waals surface area contributed by atoms with Gasteiger partial charge in [-0.25, -0.2) is 0 Å². The first-order chi connectivity index (χ1) is 12.9. The van der Waals surface area contributed by atoms with Crippen LogP contribution in [0.2, 0.25) is 0 Å². The number of aromatic nitrogens is 1. The van der Waals surface area contributed by atoms with Crippen LogP contribution in [0.1, 0.15) is 25.0 Å². The van der Waals surface area contributed by atoms with Crippen LogP contribution >= 0.6 is 0 Å². The highest BCUT2D eigenvalue weighted by Gasteiger charge is 2.21. The number of pyridine rings is 1. The molecule has 3 aromatic rings. The Kier molecular flexibility index (Phi) is 5.31. The fourth-order valence-corrected chi connectivity index (χ4v) is 3.02. The monoisotopic (exact) mass is 364 g/mol. The molecular weight excluding hydrogens is 340 g/mol. The van der Waals surface area contributed by atoms with Crippen LogP contribution in [0, 0.1) is 0 Å². The topological polar surface area (TPSA) is 71.2 Å². The maximum Gasteiger partial charge on any atom is 0.252 e. The number of benzene rings is 2. The molecular formula is C22H24N2O3. The number of methoxy groups -OCH3 is 1. The average molecular weight is 364 g/mol. The van der Waals surface area contributed by atoms with E-state index in [1.165, 1.54) is 0 Å². The van der Waals surface area contributed by atoms with Crippen molar-refractivity contribution < 1.29 is 9.53 Å². The van der Waals surface area contributed by atoms with Crippen LogP contribution in [0.15, 0.2) is 59.4 Å². The first-order valence-electron chi connectivity index (χ1n) is 8.91. The Morgan fingerprint density at radius 3 is 2.52 bits per heavy atom. The second-order valence-corrected chi connectivity index (χ2v) is 7.28. The summed E-state index contributed by atoms with van der Waals surface area (Å²) in [5.74, 6) is 0.631. The molecule has 5 heteroatoms. The van der Waals surface area contributed by atoms with E-state index in [2.05, 4.69) is 24.1 Å². The number of carbonyl (C=O) groups is 1. The minimum atomic E-state index is -0.238. The van der Waals surface area contributed by atoms with Crippen molar-refractivity contribution >= 4 is 16.8 Å². The predicted molar refractivity (Wildman–Crippen MR) is 107 cm³/mol. The second kappa shape index (κ2) is 7.66. The number of hydrogen-bond acceptors (Lipinski definition) is 3. The number of aromatic amines is 1. The van der Waals surface area contributed by atoms with Gasteiger partial charge in [0.15, 0.2) is 0 Å². The number of ether oxygens (including phenoxy) is 1. The average Bonchev–Trinajstić information content (AvgIpc) is 2.67. The Morgan fingerprint density at radius 2 is 1.81 bits per heavy atom. The van der Waals surface area contributed by atoms with E-state index >= 15 is 0 Å². The largest absolute Gasteiger partial charge is 0.497 e. The summed E-state index contributed by atoms with van der Waals surface area (Å²) in [5.41, 5.74) is 1.88. The van der Waals surface area contributed by atoms with Crippen molar-refractivity contribution in [1.82, 2.24) is 10.3 Å². The number of para-hydroxylation sites is 1. The molecule has 0 radical (unpaired) electrons. The molecule has 0 saturated carbocycles. The molecule has 1 heterocycles. The van der Waals surface area contributed by atoms with E-state index in [1.54, 1.807) is 13.2 Å². The van der Waals surface area contributed by atoms with E-state index in [0.29, 0.717) is 12.1 Å².